The lowest BCUT2D eigenvalue weighted by Crippen LogP contribution is -2.55. The van der Waals surface area contributed by atoms with Crippen molar-refractivity contribution in [3.8, 4) is 0 Å². The number of nitrogens with one attached hydrogen (secondary N) is 1. The molecule has 3 aromatic rings. The van der Waals surface area contributed by atoms with Gasteiger partial charge in [-0.2, -0.15) is 0 Å². The molecular formula is C26H30N2. The fraction of sp³-hybridized carbons (Fsp3) is 0.308. The number of hydrogen-bond acceptors (Lipinski definition) is 2. The van der Waals surface area contributed by atoms with E-state index in [1.807, 2.05) is 0 Å². The summed E-state index contributed by atoms with van der Waals surface area (Å²) in [6.07, 6.45) is 0. The van der Waals surface area contributed by atoms with Crippen molar-refractivity contribution in [2.75, 3.05) is 26.2 Å². The van der Waals surface area contributed by atoms with E-state index < -0.39 is 0 Å². The molecular weight excluding hydrogens is 340 g/mol. The van der Waals surface area contributed by atoms with Gasteiger partial charge in [0.25, 0.3) is 0 Å². The van der Waals surface area contributed by atoms with Gasteiger partial charge in [-0.15, -0.1) is 0 Å². The molecule has 2 heteroatoms. The molecule has 1 aliphatic heterocycles. The van der Waals surface area contributed by atoms with E-state index in [1.165, 1.54) is 33.4 Å². The second-order valence-corrected chi connectivity index (χ2v) is 8.05. The molecule has 28 heavy (non-hydrogen) atoms. The van der Waals surface area contributed by atoms with Crippen LogP contribution in [0.5, 0.6) is 0 Å². The second-order valence-electron chi connectivity index (χ2n) is 8.05. The maximum absolute atomic E-state index is 3.53. The van der Waals surface area contributed by atoms with Crippen molar-refractivity contribution in [3.05, 3.63) is 106 Å². The molecule has 1 heterocycles. The summed E-state index contributed by atoms with van der Waals surface area (Å²) in [6.45, 7) is 10.6. The van der Waals surface area contributed by atoms with Gasteiger partial charge in [0.05, 0.1) is 5.54 Å². The van der Waals surface area contributed by atoms with Crippen LogP contribution in [0.25, 0.3) is 0 Å². The molecule has 0 atom stereocenters. The van der Waals surface area contributed by atoms with Gasteiger partial charge in [0, 0.05) is 26.2 Å². The third-order valence-electron chi connectivity index (χ3n) is 6.00. The first-order valence-corrected chi connectivity index (χ1v) is 10.3. The smallest absolute Gasteiger partial charge is 0.0973 e. The predicted octanol–water partition coefficient (Wildman–Crippen LogP) is 4.81. The zero-order valence-electron chi connectivity index (χ0n) is 17.2. The van der Waals surface area contributed by atoms with Crippen LogP contribution in [-0.4, -0.2) is 31.1 Å². The lowest BCUT2D eigenvalue weighted by molar-refractivity contribution is 0.137. The van der Waals surface area contributed by atoms with Crippen LogP contribution in [0.3, 0.4) is 0 Å². The third-order valence-corrected chi connectivity index (χ3v) is 6.00. The first-order valence-electron chi connectivity index (χ1n) is 10.3. The summed E-state index contributed by atoms with van der Waals surface area (Å²) < 4.78 is 0. The van der Waals surface area contributed by atoms with Crippen LogP contribution < -0.4 is 5.32 Å². The second kappa shape index (κ2) is 7.90. The van der Waals surface area contributed by atoms with Crippen LogP contribution in [0.4, 0.5) is 0 Å². The van der Waals surface area contributed by atoms with Gasteiger partial charge in [0.15, 0.2) is 0 Å². The van der Waals surface area contributed by atoms with Crippen molar-refractivity contribution in [2.24, 2.45) is 0 Å². The Hall–Kier alpha value is -2.42. The fourth-order valence-corrected chi connectivity index (χ4v) is 4.43. The highest BCUT2D eigenvalue weighted by atomic mass is 15.2. The number of hydrogen-bond donors (Lipinski definition) is 1. The molecule has 2 nitrogen and oxygen atoms in total. The average Bonchev–Trinajstić information content (AvgIpc) is 2.73. The fourth-order valence-electron chi connectivity index (χ4n) is 4.43. The van der Waals surface area contributed by atoms with E-state index >= 15 is 0 Å². The van der Waals surface area contributed by atoms with Gasteiger partial charge < -0.3 is 5.32 Å². The van der Waals surface area contributed by atoms with Gasteiger partial charge in [0.2, 0.25) is 0 Å². The topological polar surface area (TPSA) is 15.3 Å². The van der Waals surface area contributed by atoms with Gasteiger partial charge >= 0.3 is 0 Å². The SMILES string of the molecule is Cc1ccc(C(c2ccc(C)cc2)(c2ccc(C)cc2)N2CCNCC2)cc1. The quantitative estimate of drug-likeness (QED) is 0.663. The van der Waals surface area contributed by atoms with E-state index in [2.05, 4.69) is 104 Å². The van der Waals surface area contributed by atoms with Crippen molar-refractivity contribution in [2.45, 2.75) is 26.3 Å². The van der Waals surface area contributed by atoms with Crippen LogP contribution in [0, 0.1) is 20.8 Å². The van der Waals surface area contributed by atoms with Gasteiger partial charge in [-0.3, -0.25) is 4.90 Å². The Morgan fingerprint density at radius 1 is 0.571 bits per heavy atom. The summed E-state index contributed by atoms with van der Waals surface area (Å²) in [5.41, 5.74) is 7.63. The molecule has 3 aromatic carbocycles. The highest BCUT2D eigenvalue weighted by molar-refractivity contribution is 5.51. The number of benzene rings is 3. The maximum atomic E-state index is 3.53. The van der Waals surface area contributed by atoms with E-state index in [4.69, 9.17) is 0 Å². The number of aryl methyl sites for hydroxylation is 3. The molecule has 0 unspecified atom stereocenters. The van der Waals surface area contributed by atoms with Crippen LogP contribution in [0.2, 0.25) is 0 Å². The van der Waals surface area contributed by atoms with Crippen molar-refractivity contribution < 1.29 is 0 Å². The highest BCUT2D eigenvalue weighted by Gasteiger charge is 2.42. The monoisotopic (exact) mass is 370 g/mol. The van der Waals surface area contributed by atoms with Crippen LogP contribution in [-0.2, 0) is 5.54 Å². The molecule has 1 N–H and O–H groups in total. The molecule has 1 saturated heterocycles. The van der Waals surface area contributed by atoms with Gasteiger partial charge in [-0.1, -0.05) is 89.5 Å². The van der Waals surface area contributed by atoms with Crippen molar-refractivity contribution in [1.82, 2.24) is 10.2 Å². The summed E-state index contributed by atoms with van der Waals surface area (Å²) in [5.74, 6) is 0. The number of nitrogens with zero attached hydrogens (tertiary/aromatic N) is 1. The summed E-state index contributed by atoms with van der Waals surface area (Å²) in [5, 5.41) is 3.53. The summed E-state index contributed by atoms with van der Waals surface area (Å²) in [4.78, 5) is 2.66. The number of rotatable bonds is 4. The van der Waals surface area contributed by atoms with Crippen LogP contribution in [0.15, 0.2) is 72.8 Å². The normalized spacial score (nSPS) is 15.5. The Bertz CT molecular complexity index is 791. The predicted molar refractivity (Wildman–Crippen MR) is 118 cm³/mol. The highest BCUT2D eigenvalue weighted by Crippen LogP contribution is 2.42. The van der Waals surface area contributed by atoms with Crippen LogP contribution >= 0.6 is 0 Å². The summed E-state index contributed by atoms with van der Waals surface area (Å²) >= 11 is 0. The molecule has 144 valence electrons. The average molecular weight is 371 g/mol. The molecule has 0 bridgehead atoms. The van der Waals surface area contributed by atoms with Crippen molar-refractivity contribution in [1.29, 1.82) is 0 Å². The zero-order valence-corrected chi connectivity index (χ0v) is 17.2. The van der Waals surface area contributed by atoms with E-state index in [1.54, 1.807) is 0 Å². The first-order chi connectivity index (χ1) is 13.6. The lowest BCUT2D eigenvalue weighted by atomic mass is 9.74. The minimum atomic E-state index is -0.281. The Balaban J connectivity index is 2.01. The molecule has 0 saturated carbocycles. The molecule has 1 aliphatic rings. The summed E-state index contributed by atoms with van der Waals surface area (Å²) in [7, 11) is 0. The lowest BCUT2D eigenvalue weighted by Gasteiger charge is -2.47. The van der Waals surface area contributed by atoms with E-state index in [9.17, 15) is 0 Å². The Labute approximate surface area is 169 Å². The Morgan fingerprint density at radius 2 is 0.893 bits per heavy atom. The largest absolute Gasteiger partial charge is 0.314 e. The van der Waals surface area contributed by atoms with Crippen molar-refractivity contribution in [3.63, 3.8) is 0 Å². The Morgan fingerprint density at radius 3 is 1.21 bits per heavy atom. The number of piperazine rings is 1. The van der Waals surface area contributed by atoms with Gasteiger partial charge in [-0.25, -0.2) is 0 Å². The van der Waals surface area contributed by atoms with Gasteiger partial charge in [-0.05, 0) is 37.5 Å². The molecule has 0 spiro atoms. The molecule has 1 fully saturated rings. The first kappa shape index (κ1) is 18.9. The minimum Gasteiger partial charge on any atom is -0.314 e. The van der Waals surface area contributed by atoms with Crippen LogP contribution in [0.1, 0.15) is 33.4 Å². The summed E-state index contributed by atoms with van der Waals surface area (Å²) in [6, 6.07) is 27.4. The van der Waals surface area contributed by atoms with E-state index in [0.29, 0.717) is 0 Å². The zero-order chi connectivity index (χ0) is 19.6. The molecule has 0 amide bonds. The molecule has 0 radical (unpaired) electrons. The van der Waals surface area contributed by atoms with Crippen molar-refractivity contribution >= 4 is 0 Å². The Kier molecular flexibility index (Phi) is 5.34. The minimum absolute atomic E-state index is 0.281. The van der Waals surface area contributed by atoms with Gasteiger partial charge in [0.1, 0.15) is 0 Å². The maximum Gasteiger partial charge on any atom is 0.0973 e. The molecule has 0 aromatic heterocycles. The molecule has 4 rings (SSSR count). The standard InChI is InChI=1S/C26H30N2/c1-20-4-10-23(11-5-20)26(28-18-16-27-17-19-28,24-12-6-21(2)7-13-24)25-14-8-22(3)9-15-25/h4-15,27H,16-19H2,1-3H3. The third kappa shape index (κ3) is 3.39. The molecule has 0 aliphatic carbocycles. The van der Waals surface area contributed by atoms with E-state index in [-0.39, 0.29) is 5.54 Å². The van der Waals surface area contributed by atoms with E-state index in [0.717, 1.165) is 26.2 Å².